The van der Waals surface area contributed by atoms with Crippen LogP contribution in [0.15, 0.2) is 40.0 Å². The number of aryl methyl sites for hydroxylation is 1. The zero-order valence-corrected chi connectivity index (χ0v) is 12.7. The van der Waals surface area contributed by atoms with Crippen molar-refractivity contribution >= 4 is 11.8 Å². The number of rotatable bonds is 3. The Balaban J connectivity index is 1.78. The van der Waals surface area contributed by atoms with Gasteiger partial charge in [0.1, 0.15) is 0 Å². The minimum absolute atomic E-state index is 0.234. The van der Waals surface area contributed by atoms with Gasteiger partial charge < -0.3 is 5.11 Å². The first kappa shape index (κ1) is 14.6. The van der Waals surface area contributed by atoms with E-state index in [1.165, 1.54) is 12.8 Å². The van der Waals surface area contributed by atoms with Gasteiger partial charge in [0.05, 0.1) is 17.9 Å². The number of hydrogen-bond donors (Lipinski definition) is 0. The molecule has 6 heteroatoms. The summed E-state index contributed by atoms with van der Waals surface area (Å²) in [6.45, 7) is 3.78. The Morgan fingerprint density at radius 1 is 1.23 bits per heavy atom. The molecule has 0 bridgehead atoms. The van der Waals surface area contributed by atoms with E-state index in [1.807, 2.05) is 25.1 Å². The number of nitrogens with zero attached hydrogens (tertiary/aromatic N) is 4. The van der Waals surface area contributed by atoms with E-state index < -0.39 is 0 Å². The quantitative estimate of drug-likeness (QED) is 0.485. The van der Waals surface area contributed by atoms with Crippen molar-refractivity contribution in [1.29, 1.82) is 0 Å². The van der Waals surface area contributed by atoms with Crippen LogP contribution in [-0.2, 0) is 0 Å². The summed E-state index contributed by atoms with van der Waals surface area (Å²) in [5.41, 5.74) is 1.48. The number of aliphatic imine (C=N–C) groups is 1. The van der Waals surface area contributed by atoms with Gasteiger partial charge in [0.15, 0.2) is 0 Å². The van der Waals surface area contributed by atoms with Gasteiger partial charge in [0.2, 0.25) is 5.27 Å². The van der Waals surface area contributed by atoms with Crippen LogP contribution in [0.2, 0.25) is 0 Å². The van der Waals surface area contributed by atoms with Crippen LogP contribution in [0.25, 0.3) is 0 Å². The molecule has 22 heavy (non-hydrogen) atoms. The summed E-state index contributed by atoms with van der Waals surface area (Å²) in [5, 5.41) is 18.3. The molecule has 1 fully saturated rings. The molecule has 3 rings (SSSR count). The molecular weight excluding hydrogens is 280 g/mol. The van der Waals surface area contributed by atoms with Gasteiger partial charge in [-0.25, -0.2) is 4.99 Å². The highest BCUT2D eigenvalue weighted by atomic mass is 16.5. The molecule has 2 heterocycles. The molecule has 1 aliphatic heterocycles. The standard InChI is InChI=1S/C16H20N4O2/c1-13-8-4-5-9-14(13)16(21)17-15-12-20(18-22-15)19-10-6-2-3-7-11-19/h4-5,8-9,12H,2-3,6-7,10-11H2,1H3. The van der Waals surface area contributed by atoms with E-state index in [1.54, 1.807) is 17.1 Å². The van der Waals surface area contributed by atoms with Crippen molar-refractivity contribution in [3.8, 4) is 0 Å². The Morgan fingerprint density at radius 2 is 1.95 bits per heavy atom. The van der Waals surface area contributed by atoms with Gasteiger partial charge in [-0.1, -0.05) is 37.1 Å². The normalized spacial score (nSPS) is 16.6. The lowest BCUT2D eigenvalue weighted by atomic mass is 10.1. The second kappa shape index (κ2) is 6.60. The zero-order valence-electron chi connectivity index (χ0n) is 12.7. The highest BCUT2D eigenvalue weighted by Crippen LogP contribution is 2.12. The van der Waals surface area contributed by atoms with Gasteiger partial charge in [-0.05, 0) is 36.8 Å². The van der Waals surface area contributed by atoms with Crippen LogP contribution in [-0.4, -0.2) is 24.3 Å². The molecule has 0 amide bonds. The number of benzene rings is 1. The van der Waals surface area contributed by atoms with E-state index in [4.69, 9.17) is 4.52 Å². The van der Waals surface area contributed by atoms with E-state index in [-0.39, 0.29) is 11.8 Å². The van der Waals surface area contributed by atoms with Crippen LogP contribution >= 0.6 is 0 Å². The average molecular weight is 300 g/mol. The van der Waals surface area contributed by atoms with E-state index in [0.717, 1.165) is 31.5 Å². The number of hydrogen-bond acceptors (Lipinski definition) is 5. The highest BCUT2D eigenvalue weighted by Gasteiger charge is 2.21. The molecule has 0 spiro atoms. The fourth-order valence-corrected chi connectivity index (χ4v) is 2.64. The van der Waals surface area contributed by atoms with Crippen LogP contribution < -0.4 is 14.9 Å². The molecule has 1 aliphatic rings. The second-order valence-electron chi connectivity index (χ2n) is 5.56. The number of aromatic nitrogens is 2. The molecule has 6 nitrogen and oxygen atoms in total. The average Bonchev–Trinajstić information content (AvgIpc) is 2.81. The first-order valence-corrected chi connectivity index (χ1v) is 7.69. The zero-order chi connectivity index (χ0) is 15.4. The summed E-state index contributed by atoms with van der Waals surface area (Å²) < 4.78 is 5.17. The Bertz CT molecular complexity index is 658. The van der Waals surface area contributed by atoms with Crippen molar-refractivity contribution in [3.63, 3.8) is 0 Å². The third-order valence-electron chi connectivity index (χ3n) is 3.90. The maximum Gasteiger partial charge on any atom is 0.324 e. The van der Waals surface area contributed by atoms with Crippen molar-refractivity contribution in [1.82, 2.24) is 5.27 Å². The highest BCUT2D eigenvalue weighted by molar-refractivity contribution is 5.93. The topological polar surface area (TPSA) is 68.6 Å². The smallest absolute Gasteiger partial charge is 0.324 e. The fraction of sp³-hybridized carbons (Fsp3) is 0.438. The lowest BCUT2D eigenvalue weighted by Crippen LogP contribution is -2.59. The first-order chi connectivity index (χ1) is 10.7. The lowest BCUT2D eigenvalue weighted by molar-refractivity contribution is -0.758. The van der Waals surface area contributed by atoms with Gasteiger partial charge in [-0.15, -0.1) is 0 Å². The van der Waals surface area contributed by atoms with Gasteiger partial charge in [0.25, 0.3) is 6.20 Å². The molecular formula is C16H20N4O2. The van der Waals surface area contributed by atoms with Crippen LogP contribution in [0.3, 0.4) is 0 Å². The van der Waals surface area contributed by atoms with E-state index in [2.05, 4.69) is 15.3 Å². The largest absolute Gasteiger partial charge is 0.858 e. The minimum Gasteiger partial charge on any atom is -0.858 e. The van der Waals surface area contributed by atoms with E-state index in [9.17, 15) is 5.11 Å². The molecule has 116 valence electrons. The van der Waals surface area contributed by atoms with Gasteiger partial charge in [-0.2, -0.15) is 5.01 Å². The maximum atomic E-state index is 12.2. The van der Waals surface area contributed by atoms with Crippen LogP contribution in [0.5, 0.6) is 0 Å². The predicted molar refractivity (Wildman–Crippen MR) is 80.5 cm³/mol. The van der Waals surface area contributed by atoms with Crippen LogP contribution in [0.4, 0.5) is 5.88 Å². The van der Waals surface area contributed by atoms with Crippen molar-refractivity contribution in [2.24, 2.45) is 4.99 Å². The monoisotopic (exact) mass is 300 g/mol. The maximum absolute atomic E-state index is 12.2. The summed E-state index contributed by atoms with van der Waals surface area (Å²) in [7, 11) is 0. The van der Waals surface area contributed by atoms with Crippen molar-refractivity contribution in [2.45, 2.75) is 32.6 Å². The van der Waals surface area contributed by atoms with Crippen LogP contribution in [0, 0.1) is 6.92 Å². The second-order valence-corrected chi connectivity index (χ2v) is 5.56. The third kappa shape index (κ3) is 3.27. The SMILES string of the molecule is Cc1ccccc1/C([O-])=N/c1c[n+](N2CCCCCC2)no1. The Kier molecular flexibility index (Phi) is 4.37. The van der Waals surface area contributed by atoms with Gasteiger partial charge in [-0.3, -0.25) is 4.52 Å². The molecule has 0 unspecified atom stereocenters. The molecule has 0 saturated carbocycles. The Labute approximate surface area is 129 Å². The predicted octanol–water partition coefficient (Wildman–Crippen LogP) is 1.22. The molecule has 1 aromatic heterocycles. The Morgan fingerprint density at radius 3 is 2.68 bits per heavy atom. The summed E-state index contributed by atoms with van der Waals surface area (Å²) in [6.07, 6.45) is 6.46. The molecule has 0 aliphatic carbocycles. The molecule has 0 N–H and O–H groups in total. The van der Waals surface area contributed by atoms with Crippen molar-refractivity contribution < 1.29 is 14.4 Å². The summed E-state index contributed by atoms with van der Waals surface area (Å²) in [5.74, 6) is -0.0743. The molecule has 0 atom stereocenters. The summed E-state index contributed by atoms with van der Waals surface area (Å²) >= 11 is 0. The summed E-state index contributed by atoms with van der Waals surface area (Å²) in [4.78, 5) is 5.68. The molecule has 2 aromatic rings. The van der Waals surface area contributed by atoms with Gasteiger partial charge >= 0.3 is 5.88 Å². The first-order valence-electron chi connectivity index (χ1n) is 7.69. The summed E-state index contributed by atoms with van der Waals surface area (Å²) in [6, 6.07) is 7.38. The van der Waals surface area contributed by atoms with Crippen molar-refractivity contribution in [2.75, 3.05) is 18.1 Å². The molecule has 1 saturated heterocycles. The van der Waals surface area contributed by atoms with Gasteiger partial charge in [0, 0.05) is 0 Å². The third-order valence-corrected chi connectivity index (χ3v) is 3.90. The van der Waals surface area contributed by atoms with E-state index >= 15 is 0 Å². The molecule has 0 radical (unpaired) electrons. The fourth-order valence-electron chi connectivity index (χ4n) is 2.64. The van der Waals surface area contributed by atoms with E-state index in [0.29, 0.717) is 5.56 Å². The Hall–Kier alpha value is -2.37. The molecule has 1 aromatic carbocycles. The minimum atomic E-state index is -0.308. The lowest BCUT2D eigenvalue weighted by Gasteiger charge is -2.11. The van der Waals surface area contributed by atoms with Crippen molar-refractivity contribution in [3.05, 3.63) is 41.6 Å². The van der Waals surface area contributed by atoms with Crippen LogP contribution in [0.1, 0.15) is 36.8 Å².